The summed E-state index contributed by atoms with van der Waals surface area (Å²) in [7, 11) is 0. The van der Waals surface area contributed by atoms with E-state index < -0.39 is 24.5 Å². The Morgan fingerprint density at radius 1 is 1.08 bits per heavy atom. The Labute approximate surface area is 153 Å². The van der Waals surface area contributed by atoms with Crippen LogP contribution in [0.2, 0.25) is 0 Å². The molecule has 9 heteroatoms. The van der Waals surface area contributed by atoms with Crippen LogP contribution in [0.15, 0.2) is 48.0 Å². The van der Waals surface area contributed by atoms with Gasteiger partial charge in [0.05, 0.1) is 12.9 Å². The molecule has 3 N–H and O–H groups in total. The van der Waals surface area contributed by atoms with E-state index in [1.165, 1.54) is 18.2 Å². The molecule has 4 rings (SSSR count). The predicted octanol–water partition coefficient (Wildman–Crippen LogP) is 0.730. The molecule has 0 bridgehead atoms. The van der Waals surface area contributed by atoms with Gasteiger partial charge in [-0.25, -0.2) is 15.0 Å². The van der Waals surface area contributed by atoms with Crippen LogP contribution in [0.5, 0.6) is 0 Å². The van der Waals surface area contributed by atoms with Gasteiger partial charge < -0.3 is 20.1 Å². The van der Waals surface area contributed by atoms with Gasteiger partial charge in [0.15, 0.2) is 11.9 Å². The minimum absolute atomic E-state index is 0.380. The highest BCUT2D eigenvalue weighted by Gasteiger charge is 2.44. The molecule has 26 heavy (non-hydrogen) atoms. The number of aliphatic hydroxyl groups is 3. The highest BCUT2D eigenvalue weighted by Crippen LogP contribution is 2.33. The second-order valence-corrected chi connectivity index (χ2v) is 6.97. The molecule has 4 atom stereocenters. The normalized spacial score (nSPS) is 25.8. The summed E-state index contributed by atoms with van der Waals surface area (Å²) >= 11 is 1.55. The van der Waals surface area contributed by atoms with Crippen LogP contribution in [0.3, 0.4) is 0 Å². The Morgan fingerprint density at radius 2 is 1.88 bits per heavy atom. The van der Waals surface area contributed by atoms with Crippen molar-refractivity contribution in [1.82, 2.24) is 19.5 Å². The highest BCUT2D eigenvalue weighted by atomic mass is 32.2. The molecule has 0 aliphatic carbocycles. The average Bonchev–Trinajstić information content (AvgIpc) is 3.23. The summed E-state index contributed by atoms with van der Waals surface area (Å²) in [5.41, 5.74) is 2.28. The van der Waals surface area contributed by atoms with E-state index in [-0.39, 0.29) is 6.61 Å². The first-order valence-corrected chi connectivity index (χ1v) is 9.14. The molecule has 0 radical (unpaired) electrons. The number of thioether (sulfide) groups is 1. The summed E-state index contributed by atoms with van der Waals surface area (Å²) in [6, 6.07) is 10.0. The van der Waals surface area contributed by atoms with Crippen molar-refractivity contribution in [2.45, 2.75) is 35.3 Å². The summed E-state index contributed by atoms with van der Waals surface area (Å²) in [5.74, 6) is 0.744. The minimum Gasteiger partial charge on any atom is -0.394 e. The molecule has 2 aromatic heterocycles. The zero-order valence-corrected chi connectivity index (χ0v) is 14.5. The van der Waals surface area contributed by atoms with E-state index in [1.807, 2.05) is 30.3 Å². The fraction of sp³-hybridized carbons (Fsp3) is 0.353. The number of hydrogen-bond donors (Lipinski definition) is 3. The largest absolute Gasteiger partial charge is 0.394 e. The molecule has 0 saturated carbocycles. The Morgan fingerprint density at radius 3 is 2.62 bits per heavy atom. The number of ether oxygens (including phenoxy) is 1. The van der Waals surface area contributed by atoms with Crippen molar-refractivity contribution in [2.24, 2.45) is 0 Å². The van der Waals surface area contributed by atoms with Gasteiger partial charge in [0.2, 0.25) is 0 Å². The number of fused-ring (bicyclic) bond motifs is 1. The molecule has 8 nitrogen and oxygen atoms in total. The molecule has 1 saturated heterocycles. The Kier molecular flexibility index (Phi) is 4.88. The lowest BCUT2D eigenvalue weighted by atomic mass is 10.1. The van der Waals surface area contributed by atoms with Crippen LogP contribution in [0.25, 0.3) is 11.2 Å². The van der Waals surface area contributed by atoms with E-state index in [1.54, 1.807) is 16.3 Å². The lowest BCUT2D eigenvalue weighted by Crippen LogP contribution is -2.33. The molecule has 3 heterocycles. The molecule has 0 spiro atoms. The zero-order valence-electron chi connectivity index (χ0n) is 13.7. The minimum atomic E-state index is -1.18. The van der Waals surface area contributed by atoms with Crippen LogP contribution in [0.4, 0.5) is 0 Å². The summed E-state index contributed by atoms with van der Waals surface area (Å²) in [4.78, 5) is 12.9. The van der Waals surface area contributed by atoms with Gasteiger partial charge in [0.25, 0.3) is 0 Å². The third-order valence-electron chi connectivity index (χ3n) is 4.33. The molecule has 3 aromatic rings. The van der Waals surface area contributed by atoms with Crippen LogP contribution >= 0.6 is 11.8 Å². The molecule has 0 amide bonds. The average molecular weight is 374 g/mol. The van der Waals surface area contributed by atoms with Crippen molar-refractivity contribution >= 4 is 22.9 Å². The maximum Gasteiger partial charge on any atom is 0.166 e. The smallest absolute Gasteiger partial charge is 0.166 e. The van der Waals surface area contributed by atoms with Gasteiger partial charge in [-0.15, -0.1) is 0 Å². The Balaban J connectivity index is 1.61. The Bertz CT molecular complexity index is 891. The van der Waals surface area contributed by atoms with Crippen LogP contribution in [-0.2, 0) is 10.5 Å². The van der Waals surface area contributed by atoms with Gasteiger partial charge in [0, 0.05) is 5.75 Å². The quantitative estimate of drug-likeness (QED) is 0.442. The van der Waals surface area contributed by atoms with Crippen molar-refractivity contribution in [3.63, 3.8) is 0 Å². The standard InChI is InChI=1S/C17H18N4O4S/c22-6-11-13(23)14(24)17(25-11)21-9-20-12-15(21)18-8-19-16(12)26-7-10-4-2-1-3-5-10/h1-5,8-9,11,13-14,17,22-24H,6-7H2/t11-,13+,14-,17+/m0/s1. The van der Waals surface area contributed by atoms with E-state index in [0.29, 0.717) is 11.2 Å². The second-order valence-electron chi connectivity index (χ2n) is 6.01. The summed E-state index contributed by atoms with van der Waals surface area (Å²) in [6.07, 6.45) is -1.12. The van der Waals surface area contributed by atoms with Crippen molar-refractivity contribution < 1.29 is 20.1 Å². The van der Waals surface area contributed by atoms with Gasteiger partial charge >= 0.3 is 0 Å². The molecule has 1 aromatic carbocycles. The van der Waals surface area contributed by atoms with Gasteiger partial charge in [-0.3, -0.25) is 4.57 Å². The number of aliphatic hydroxyl groups excluding tert-OH is 3. The molecule has 1 fully saturated rings. The zero-order chi connectivity index (χ0) is 18.1. The number of nitrogens with zero attached hydrogens (tertiary/aromatic N) is 4. The number of aromatic nitrogens is 4. The van der Waals surface area contributed by atoms with Crippen LogP contribution < -0.4 is 0 Å². The fourth-order valence-corrected chi connectivity index (χ4v) is 3.86. The highest BCUT2D eigenvalue weighted by molar-refractivity contribution is 7.98. The third-order valence-corrected chi connectivity index (χ3v) is 5.38. The maximum atomic E-state index is 10.2. The van der Waals surface area contributed by atoms with Crippen LogP contribution in [0.1, 0.15) is 11.8 Å². The first-order valence-electron chi connectivity index (χ1n) is 8.15. The van der Waals surface area contributed by atoms with Crippen molar-refractivity contribution in [3.8, 4) is 0 Å². The second kappa shape index (κ2) is 7.29. The molecule has 1 aliphatic heterocycles. The predicted molar refractivity (Wildman–Crippen MR) is 94.3 cm³/mol. The van der Waals surface area contributed by atoms with Gasteiger partial charge in [-0.1, -0.05) is 42.1 Å². The van der Waals surface area contributed by atoms with Gasteiger partial charge in [-0.2, -0.15) is 0 Å². The molecular formula is C17H18N4O4S. The van der Waals surface area contributed by atoms with E-state index in [4.69, 9.17) is 4.74 Å². The lowest BCUT2D eigenvalue weighted by Gasteiger charge is -2.16. The first kappa shape index (κ1) is 17.4. The van der Waals surface area contributed by atoms with E-state index in [0.717, 1.165) is 10.8 Å². The Hall–Kier alpha value is -2.04. The number of imidazole rings is 1. The van der Waals surface area contributed by atoms with Crippen LogP contribution in [0, 0.1) is 0 Å². The van der Waals surface area contributed by atoms with Crippen molar-refractivity contribution in [1.29, 1.82) is 0 Å². The molecule has 1 aliphatic rings. The molecule has 136 valence electrons. The van der Waals surface area contributed by atoms with Crippen molar-refractivity contribution in [3.05, 3.63) is 48.5 Å². The summed E-state index contributed by atoms with van der Waals surface area (Å²) in [6.45, 7) is -0.380. The van der Waals surface area contributed by atoms with E-state index in [9.17, 15) is 15.3 Å². The SMILES string of the molecule is OC[C@@H]1O[C@@H](n2cnc3c(SCc4ccccc4)ncnc32)[C@@H](O)[C@@H]1O. The maximum absolute atomic E-state index is 10.2. The summed E-state index contributed by atoms with van der Waals surface area (Å²) in [5, 5.41) is 30.2. The molecular weight excluding hydrogens is 356 g/mol. The van der Waals surface area contributed by atoms with E-state index in [2.05, 4.69) is 15.0 Å². The van der Waals surface area contributed by atoms with E-state index >= 15 is 0 Å². The lowest BCUT2D eigenvalue weighted by molar-refractivity contribution is -0.0511. The summed E-state index contributed by atoms with van der Waals surface area (Å²) < 4.78 is 7.13. The number of rotatable bonds is 5. The molecule has 0 unspecified atom stereocenters. The number of hydrogen-bond acceptors (Lipinski definition) is 8. The third kappa shape index (κ3) is 3.08. The van der Waals surface area contributed by atoms with Gasteiger partial charge in [-0.05, 0) is 5.56 Å². The van der Waals surface area contributed by atoms with Gasteiger partial charge in [0.1, 0.15) is 35.2 Å². The van der Waals surface area contributed by atoms with Crippen LogP contribution in [-0.4, -0.2) is 59.8 Å². The number of benzene rings is 1. The van der Waals surface area contributed by atoms with Crippen molar-refractivity contribution in [2.75, 3.05) is 6.61 Å². The monoisotopic (exact) mass is 374 g/mol. The first-order chi connectivity index (χ1) is 12.7. The fourth-order valence-electron chi connectivity index (χ4n) is 2.96. The topological polar surface area (TPSA) is 114 Å².